The zero-order valence-corrected chi connectivity index (χ0v) is 12.2. The molecular formula is C17H12FN3O2. The number of fused-ring (bicyclic) bond motifs is 2. The summed E-state index contributed by atoms with van der Waals surface area (Å²) in [7, 11) is 1.80. The van der Waals surface area contributed by atoms with E-state index < -0.39 is 5.97 Å². The summed E-state index contributed by atoms with van der Waals surface area (Å²) in [5, 5.41) is 14.5. The summed E-state index contributed by atoms with van der Waals surface area (Å²) in [6.07, 6.45) is 3.74. The van der Waals surface area contributed by atoms with Crippen LogP contribution >= 0.6 is 0 Å². The Morgan fingerprint density at radius 1 is 1.35 bits per heavy atom. The highest BCUT2D eigenvalue weighted by atomic mass is 19.1. The minimum absolute atomic E-state index is 0.243. The van der Waals surface area contributed by atoms with Crippen molar-refractivity contribution < 1.29 is 14.3 Å². The maximum atomic E-state index is 13.6. The van der Waals surface area contributed by atoms with Gasteiger partial charge in [-0.1, -0.05) is 0 Å². The van der Waals surface area contributed by atoms with E-state index >= 15 is 0 Å². The zero-order chi connectivity index (χ0) is 16.1. The number of pyridine rings is 1. The SMILES string of the molecule is Cn1nc(C2=Cc3nccc(C(=O)O)c3C2)c2cc(F)ccc21. The molecule has 3 aromatic rings. The third-order valence-electron chi connectivity index (χ3n) is 4.11. The number of rotatable bonds is 2. The van der Waals surface area contributed by atoms with Crippen LogP contribution in [0.4, 0.5) is 4.39 Å². The molecule has 0 unspecified atom stereocenters. The van der Waals surface area contributed by atoms with Crippen molar-refractivity contribution in [2.24, 2.45) is 7.05 Å². The average Bonchev–Trinajstić information content (AvgIpc) is 3.07. The van der Waals surface area contributed by atoms with Crippen LogP contribution in [0.3, 0.4) is 0 Å². The standard InChI is InChI=1S/C17H12FN3O2/c1-21-15-3-2-10(18)8-13(15)16(20-21)9-6-12-11(17(22)23)4-5-19-14(12)7-9/h2-5,7-8H,6H2,1H3,(H,22,23). The smallest absolute Gasteiger partial charge is 0.336 e. The Morgan fingerprint density at radius 3 is 2.96 bits per heavy atom. The molecule has 1 aromatic carbocycles. The Hall–Kier alpha value is -3.02. The number of carboxylic acids is 1. The van der Waals surface area contributed by atoms with E-state index in [4.69, 9.17) is 0 Å². The first kappa shape index (κ1) is 13.6. The summed E-state index contributed by atoms with van der Waals surface area (Å²) in [5.41, 5.74) is 3.88. The van der Waals surface area contributed by atoms with Crippen molar-refractivity contribution in [3.63, 3.8) is 0 Å². The van der Waals surface area contributed by atoms with E-state index in [2.05, 4.69) is 10.1 Å². The Bertz CT molecular complexity index is 1000. The fourth-order valence-corrected chi connectivity index (χ4v) is 3.05. The predicted molar refractivity (Wildman–Crippen MR) is 83.4 cm³/mol. The minimum atomic E-state index is -0.977. The molecule has 0 spiro atoms. The number of halogens is 1. The van der Waals surface area contributed by atoms with Gasteiger partial charge in [0.25, 0.3) is 0 Å². The first-order valence-electron chi connectivity index (χ1n) is 7.09. The fraction of sp³-hybridized carbons (Fsp3) is 0.118. The van der Waals surface area contributed by atoms with Gasteiger partial charge in [-0.05, 0) is 41.5 Å². The van der Waals surface area contributed by atoms with E-state index in [0.29, 0.717) is 28.8 Å². The van der Waals surface area contributed by atoms with Gasteiger partial charge in [-0.15, -0.1) is 0 Å². The second kappa shape index (κ2) is 4.74. The Balaban J connectivity index is 1.87. The maximum absolute atomic E-state index is 13.6. The lowest BCUT2D eigenvalue weighted by Crippen LogP contribution is -2.03. The van der Waals surface area contributed by atoms with Crippen LogP contribution in [0.2, 0.25) is 0 Å². The monoisotopic (exact) mass is 309 g/mol. The fourth-order valence-electron chi connectivity index (χ4n) is 3.05. The lowest BCUT2D eigenvalue weighted by atomic mass is 10.0. The Labute approximate surface area is 130 Å². The van der Waals surface area contributed by atoms with Crippen molar-refractivity contribution in [1.82, 2.24) is 14.8 Å². The minimum Gasteiger partial charge on any atom is -0.478 e. The second-order valence-electron chi connectivity index (χ2n) is 5.51. The number of benzene rings is 1. The summed E-state index contributed by atoms with van der Waals surface area (Å²) in [6, 6.07) is 6.03. The molecule has 0 aliphatic heterocycles. The number of carbonyl (C=O) groups is 1. The lowest BCUT2D eigenvalue weighted by molar-refractivity contribution is 0.0695. The number of allylic oxidation sites excluding steroid dienone is 1. The molecule has 0 bridgehead atoms. The van der Waals surface area contributed by atoms with Gasteiger partial charge in [0.15, 0.2) is 0 Å². The topological polar surface area (TPSA) is 68.0 Å². The summed E-state index contributed by atoms with van der Waals surface area (Å²) >= 11 is 0. The molecule has 0 radical (unpaired) electrons. The van der Waals surface area contributed by atoms with Gasteiger partial charge >= 0.3 is 5.97 Å². The van der Waals surface area contributed by atoms with Crippen LogP contribution in [0.5, 0.6) is 0 Å². The van der Waals surface area contributed by atoms with Crippen LogP contribution < -0.4 is 0 Å². The number of hydrogen-bond acceptors (Lipinski definition) is 3. The molecule has 4 rings (SSSR count). The molecule has 0 fully saturated rings. The predicted octanol–water partition coefficient (Wildman–Crippen LogP) is 2.90. The van der Waals surface area contributed by atoms with Crippen LogP contribution in [-0.4, -0.2) is 25.8 Å². The lowest BCUT2D eigenvalue weighted by Gasteiger charge is -2.03. The van der Waals surface area contributed by atoms with Crippen molar-refractivity contribution in [3.05, 3.63) is 58.8 Å². The average molecular weight is 309 g/mol. The molecule has 6 heteroatoms. The molecule has 5 nitrogen and oxygen atoms in total. The van der Waals surface area contributed by atoms with Gasteiger partial charge in [0.1, 0.15) is 5.82 Å². The van der Waals surface area contributed by atoms with Crippen molar-refractivity contribution in [3.8, 4) is 0 Å². The molecule has 1 N–H and O–H groups in total. The van der Waals surface area contributed by atoms with Crippen LogP contribution in [0.15, 0.2) is 30.5 Å². The Kier molecular flexibility index (Phi) is 2.81. The van der Waals surface area contributed by atoms with E-state index in [-0.39, 0.29) is 11.4 Å². The highest BCUT2D eigenvalue weighted by Crippen LogP contribution is 2.35. The molecule has 0 atom stereocenters. The van der Waals surface area contributed by atoms with E-state index in [0.717, 1.165) is 11.1 Å². The van der Waals surface area contributed by atoms with Gasteiger partial charge in [-0.3, -0.25) is 9.67 Å². The van der Waals surface area contributed by atoms with Crippen molar-refractivity contribution >= 4 is 28.5 Å². The van der Waals surface area contributed by atoms with Crippen LogP contribution in [-0.2, 0) is 13.5 Å². The summed E-state index contributed by atoms with van der Waals surface area (Å²) in [5.74, 6) is -1.30. The number of aromatic carboxylic acids is 1. The molecule has 0 saturated carbocycles. The molecule has 1 aliphatic rings. The van der Waals surface area contributed by atoms with Crippen molar-refractivity contribution in [2.75, 3.05) is 0 Å². The molecule has 114 valence electrons. The van der Waals surface area contributed by atoms with E-state index in [1.165, 1.54) is 24.4 Å². The van der Waals surface area contributed by atoms with Crippen molar-refractivity contribution in [2.45, 2.75) is 6.42 Å². The highest BCUT2D eigenvalue weighted by molar-refractivity contribution is 6.00. The number of aromatic nitrogens is 3. The van der Waals surface area contributed by atoms with Gasteiger partial charge in [0, 0.05) is 25.1 Å². The molecule has 1 aliphatic carbocycles. The summed E-state index contributed by atoms with van der Waals surface area (Å²) in [4.78, 5) is 15.6. The number of nitrogens with zero attached hydrogens (tertiary/aromatic N) is 3. The third kappa shape index (κ3) is 2.03. The number of hydrogen-bond donors (Lipinski definition) is 1. The van der Waals surface area contributed by atoms with Gasteiger partial charge in [-0.25, -0.2) is 9.18 Å². The first-order chi connectivity index (χ1) is 11.0. The van der Waals surface area contributed by atoms with E-state index in [1.54, 1.807) is 17.8 Å². The first-order valence-corrected chi connectivity index (χ1v) is 7.09. The van der Waals surface area contributed by atoms with Crippen LogP contribution in [0.25, 0.3) is 22.6 Å². The maximum Gasteiger partial charge on any atom is 0.336 e. The van der Waals surface area contributed by atoms with Crippen LogP contribution in [0.1, 0.15) is 27.3 Å². The second-order valence-corrected chi connectivity index (χ2v) is 5.51. The summed E-state index contributed by atoms with van der Waals surface area (Å²) in [6.45, 7) is 0. The van der Waals surface area contributed by atoms with Gasteiger partial charge in [-0.2, -0.15) is 5.10 Å². The quantitative estimate of drug-likeness (QED) is 0.790. The Morgan fingerprint density at radius 2 is 2.17 bits per heavy atom. The molecule has 2 aromatic heterocycles. The van der Waals surface area contributed by atoms with Gasteiger partial charge < -0.3 is 5.11 Å². The number of aryl methyl sites for hydroxylation is 1. The molecular weight excluding hydrogens is 297 g/mol. The zero-order valence-electron chi connectivity index (χ0n) is 12.2. The third-order valence-corrected chi connectivity index (χ3v) is 4.11. The number of carboxylic acid groups (broad SMARTS) is 1. The molecule has 0 saturated heterocycles. The molecule has 23 heavy (non-hydrogen) atoms. The summed E-state index contributed by atoms with van der Waals surface area (Å²) < 4.78 is 15.3. The largest absolute Gasteiger partial charge is 0.478 e. The molecule has 2 heterocycles. The van der Waals surface area contributed by atoms with Gasteiger partial charge in [0.2, 0.25) is 0 Å². The normalized spacial score (nSPS) is 13.2. The highest BCUT2D eigenvalue weighted by Gasteiger charge is 2.24. The van der Waals surface area contributed by atoms with E-state index in [1.807, 2.05) is 6.08 Å². The van der Waals surface area contributed by atoms with Crippen LogP contribution in [0, 0.1) is 5.82 Å². The van der Waals surface area contributed by atoms with Gasteiger partial charge in [0.05, 0.1) is 22.5 Å². The molecule has 0 amide bonds. The van der Waals surface area contributed by atoms with Crippen molar-refractivity contribution in [1.29, 1.82) is 0 Å². The van der Waals surface area contributed by atoms with E-state index in [9.17, 15) is 14.3 Å².